The fourth-order valence-electron chi connectivity index (χ4n) is 0.803. The van der Waals surface area contributed by atoms with Crippen molar-refractivity contribution in [2.45, 2.75) is 27.1 Å². The molecule has 0 aliphatic carbocycles. The van der Waals surface area contributed by atoms with Crippen LogP contribution in [0.2, 0.25) is 0 Å². The minimum absolute atomic E-state index is 0.0378. The highest BCUT2D eigenvalue weighted by Crippen LogP contribution is 2.21. The van der Waals surface area contributed by atoms with Crippen LogP contribution in [0.5, 0.6) is 0 Å². The Hall–Kier alpha value is 0.137. The van der Waals surface area contributed by atoms with E-state index in [1.165, 1.54) is 0 Å². The Morgan fingerprint density at radius 3 is 1.78 bits per heavy atom. The Labute approximate surface area is 60.1 Å². The van der Waals surface area contributed by atoms with Gasteiger partial charge in [0.1, 0.15) is 10.5 Å². The monoisotopic (exact) mass is 148 g/mol. The fraction of sp³-hybridized carbons (Fsp3) is 1.00. The summed E-state index contributed by atoms with van der Waals surface area (Å²) in [5, 5.41) is 0. The molecule has 0 fully saturated rings. The number of hydrogen-bond donors (Lipinski definition) is 0. The molecule has 0 saturated heterocycles. The summed E-state index contributed by atoms with van der Waals surface area (Å²) >= 11 is 0. The molecule has 0 aromatic heterocycles. The lowest BCUT2D eigenvalue weighted by Crippen LogP contribution is -2.30. The summed E-state index contributed by atoms with van der Waals surface area (Å²) in [5.41, 5.74) is 0.108. The average molecular weight is 148 g/mol. The van der Waals surface area contributed by atoms with E-state index in [0.717, 1.165) is 10.5 Å². The van der Waals surface area contributed by atoms with Crippen LogP contribution in [0.4, 0.5) is 0 Å². The molecular weight excluding hydrogens is 132 g/mol. The summed E-state index contributed by atoms with van der Waals surface area (Å²) in [7, 11) is 2.41. The summed E-state index contributed by atoms with van der Waals surface area (Å²) in [5.74, 6) is 0. The van der Waals surface area contributed by atoms with Crippen LogP contribution in [0, 0.1) is 5.41 Å². The van der Waals surface area contributed by atoms with Gasteiger partial charge in [-0.2, -0.15) is 0 Å². The SMILES string of the molecule is COC(O[SiH3])C(C)(C)C. The molecule has 0 heterocycles. The predicted octanol–water partition coefficient (Wildman–Crippen LogP) is 0.302. The molecule has 0 radical (unpaired) electrons. The molecule has 2 nitrogen and oxygen atoms in total. The summed E-state index contributed by atoms with van der Waals surface area (Å²) < 4.78 is 10.3. The Balaban J connectivity index is 3.79. The first-order chi connectivity index (χ1) is 4.02. The molecule has 9 heavy (non-hydrogen) atoms. The molecule has 0 rings (SSSR count). The second-order valence-corrected chi connectivity index (χ2v) is 3.64. The van der Waals surface area contributed by atoms with E-state index in [1.54, 1.807) is 7.11 Å². The van der Waals surface area contributed by atoms with Crippen LogP contribution in [0.3, 0.4) is 0 Å². The summed E-state index contributed by atoms with van der Waals surface area (Å²) in [6, 6.07) is 0. The van der Waals surface area contributed by atoms with E-state index in [4.69, 9.17) is 9.16 Å². The highest BCUT2D eigenvalue weighted by molar-refractivity contribution is 5.98. The van der Waals surface area contributed by atoms with Crippen LogP contribution >= 0.6 is 0 Å². The lowest BCUT2D eigenvalue weighted by atomic mass is 9.96. The Kier molecular flexibility index (Phi) is 3.39. The zero-order chi connectivity index (χ0) is 7.49. The van der Waals surface area contributed by atoms with Gasteiger partial charge in [0, 0.05) is 12.5 Å². The Morgan fingerprint density at radius 2 is 1.78 bits per heavy atom. The van der Waals surface area contributed by atoms with Crippen molar-refractivity contribution in [2.75, 3.05) is 7.11 Å². The molecular formula is C6H16O2Si. The second kappa shape index (κ2) is 3.34. The molecule has 0 aromatic rings. The molecule has 0 saturated carbocycles. The standard InChI is InChI=1S/C6H16O2Si/c1-6(2,3)5(7-4)8-9/h5H,1-4,9H3. The first kappa shape index (κ1) is 9.14. The number of methoxy groups -OCH3 is 1. The third-order valence-corrected chi connectivity index (χ3v) is 1.56. The van der Waals surface area contributed by atoms with Crippen molar-refractivity contribution in [1.82, 2.24) is 0 Å². The molecule has 56 valence electrons. The second-order valence-electron chi connectivity index (χ2n) is 3.17. The van der Waals surface area contributed by atoms with Gasteiger partial charge in [0.15, 0.2) is 6.29 Å². The Bertz CT molecular complexity index is 73.6. The number of ether oxygens (including phenoxy) is 1. The van der Waals surface area contributed by atoms with Crippen LogP contribution in [0.15, 0.2) is 0 Å². The Morgan fingerprint density at radius 1 is 1.33 bits per heavy atom. The first-order valence-corrected chi connectivity index (χ1v) is 3.89. The maximum Gasteiger partial charge on any atom is 0.151 e. The first-order valence-electron chi connectivity index (χ1n) is 3.08. The molecule has 3 heteroatoms. The van der Waals surface area contributed by atoms with Crippen LogP contribution in [0.25, 0.3) is 0 Å². The third kappa shape index (κ3) is 2.98. The van der Waals surface area contributed by atoms with Crippen molar-refractivity contribution < 1.29 is 9.16 Å². The van der Waals surface area contributed by atoms with Gasteiger partial charge in [0.25, 0.3) is 0 Å². The molecule has 1 unspecified atom stereocenters. The zero-order valence-corrected chi connectivity index (χ0v) is 8.89. The molecule has 0 aliphatic rings. The summed E-state index contributed by atoms with van der Waals surface area (Å²) in [6.07, 6.45) is -0.0378. The number of hydrogen-bond acceptors (Lipinski definition) is 2. The van der Waals surface area contributed by atoms with Gasteiger partial charge in [-0.05, 0) is 0 Å². The van der Waals surface area contributed by atoms with E-state index >= 15 is 0 Å². The van der Waals surface area contributed by atoms with Gasteiger partial charge >= 0.3 is 0 Å². The highest BCUT2D eigenvalue weighted by Gasteiger charge is 2.22. The van der Waals surface area contributed by atoms with Crippen LogP contribution < -0.4 is 0 Å². The van der Waals surface area contributed by atoms with Crippen molar-refractivity contribution in [1.29, 1.82) is 0 Å². The van der Waals surface area contributed by atoms with Gasteiger partial charge in [-0.1, -0.05) is 20.8 Å². The topological polar surface area (TPSA) is 18.5 Å². The maximum atomic E-state index is 5.18. The zero-order valence-electron chi connectivity index (χ0n) is 6.89. The lowest BCUT2D eigenvalue weighted by molar-refractivity contribution is -0.117. The highest BCUT2D eigenvalue weighted by atomic mass is 28.2. The minimum Gasteiger partial charge on any atom is -0.403 e. The van der Waals surface area contributed by atoms with Crippen molar-refractivity contribution in [3.05, 3.63) is 0 Å². The van der Waals surface area contributed by atoms with Gasteiger partial charge in [0.2, 0.25) is 0 Å². The van der Waals surface area contributed by atoms with Gasteiger partial charge < -0.3 is 9.16 Å². The molecule has 0 N–H and O–H groups in total. The van der Waals surface area contributed by atoms with Crippen molar-refractivity contribution in [2.24, 2.45) is 5.41 Å². The van der Waals surface area contributed by atoms with E-state index in [2.05, 4.69) is 20.8 Å². The van der Waals surface area contributed by atoms with Crippen molar-refractivity contribution >= 4 is 10.5 Å². The van der Waals surface area contributed by atoms with Crippen LogP contribution in [0.1, 0.15) is 20.8 Å². The van der Waals surface area contributed by atoms with Gasteiger partial charge in [-0.3, -0.25) is 0 Å². The molecule has 0 bridgehead atoms. The van der Waals surface area contributed by atoms with Crippen LogP contribution in [-0.4, -0.2) is 23.9 Å². The van der Waals surface area contributed by atoms with Crippen molar-refractivity contribution in [3.8, 4) is 0 Å². The molecule has 1 atom stereocenters. The predicted molar refractivity (Wildman–Crippen MR) is 41.3 cm³/mol. The normalized spacial score (nSPS) is 16.0. The quantitative estimate of drug-likeness (QED) is 0.414. The van der Waals surface area contributed by atoms with Gasteiger partial charge in [0.05, 0.1) is 0 Å². The van der Waals surface area contributed by atoms with Crippen molar-refractivity contribution in [3.63, 3.8) is 0 Å². The van der Waals surface area contributed by atoms with E-state index < -0.39 is 0 Å². The minimum atomic E-state index is -0.0378. The fourth-order valence-corrected chi connectivity index (χ4v) is 1.70. The smallest absolute Gasteiger partial charge is 0.151 e. The summed E-state index contributed by atoms with van der Waals surface area (Å²) in [4.78, 5) is 0. The molecule has 0 aliphatic heterocycles. The molecule has 0 aromatic carbocycles. The largest absolute Gasteiger partial charge is 0.403 e. The summed E-state index contributed by atoms with van der Waals surface area (Å²) in [6.45, 7) is 6.29. The number of rotatable bonds is 2. The molecule has 0 amide bonds. The van der Waals surface area contributed by atoms with E-state index in [1.807, 2.05) is 0 Å². The van der Waals surface area contributed by atoms with E-state index in [0.29, 0.717) is 0 Å². The average Bonchev–Trinajstić information content (AvgIpc) is 1.65. The molecule has 0 spiro atoms. The third-order valence-electron chi connectivity index (χ3n) is 1.14. The van der Waals surface area contributed by atoms with Gasteiger partial charge in [-0.15, -0.1) is 0 Å². The van der Waals surface area contributed by atoms with E-state index in [-0.39, 0.29) is 11.7 Å². The van der Waals surface area contributed by atoms with Gasteiger partial charge in [-0.25, -0.2) is 0 Å². The van der Waals surface area contributed by atoms with Crippen LogP contribution in [-0.2, 0) is 9.16 Å². The lowest BCUT2D eigenvalue weighted by Gasteiger charge is -2.27. The maximum absolute atomic E-state index is 5.18. The van der Waals surface area contributed by atoms with E-state index in [9.17, 15) is 0 Å².